The average molecular weight is 588 g/mol. The van der Waals surface area contributed by atoms with E-state index in [1.807, 2.05) is 0 Å². The van der Waals surface area contributed by atoms with Crippen molar-refractivity contribution in [2.45, 2.75) is 239 Å². The van der Waals surface area contributed by atoms with E-state index in [0.717, 1.165) is 0 Å². The van der Waals surface area contributed by atoms with Crippen molar-refractivity contribution in [3.63, 3.8) is 0 Å². The van der Waals surface area contributed by atoms with Gasteiger partial charge < -0.3 is 0 Å². The Hall–Kier alpha value is -0.790. The molecule has 0 aliphatic carbocycles. The Bertz CT molecular complexity index is 650. The molecule has 2 unspecified atom stereocenters. The highest BCUT2D eigenvalue weighted by Gasteiger charge is 2.24. The first-order chi connectivity index (χ1) is 20.7. The van der Waals surface area contributed by atoms with Crippen LogP contribution in [0, 0.1) is 0 Å². The second-order valence-electron chi connectivity index (χ2n) is 14.0. The van der Waals surface area contributed by atoms with Crippen LogP contribution < -0.4 is 4.57 Å². The van der Waals surface area contributed by atoms with Crippen LogP contribution in [0.4, 0.5) is 0 Å². The van der Waals surface area contributed by atoms with Crippen LogP contribution in [0.5, 0.6) is 0 Å². The van der Waals surface area contributed by atoms with E-state index in [1.165, 1.54) is 205 Å². The van der Waals surface area contributed by atoms with Gasteiger partial charge in [0.2, 0.25) is 0 Å². The maximum Gasteiger partial charge on any atom is 0.257 e. The number of nitrogens with one attached hydrogen (secondary N) is 1. The van der Waals surface area contributed by atoms with Crippen molar-refractivity contribution in [2.24, 2.45) is 0 Å². The zero-order valence-electron chi connectivity index (χ0n) is 29.7. The van der Waals surface area contributed by atoms with E-state index in [9.17, 15) is 0 Å². The average Bonchev–Trinajstić information content (AvgIpc) is 3.49. The summed E-state index contributed by atoms with van der Waals surface area (Å²) < 4.78 is 2.60. The number of aromatic nitrogens is 2. The van der Waals surface area contributed by atoms with Crippen LogP contribution >= 0.6 is 0 Å². The Balaban J connectivity index is 2.11. The van der Waals surface area contributed by atoms with Gasteiger partial charge in [0, 0.05) is 0 Å². The van der Waals surface area contributed by atoms with Gasteiger partial charge in [0.05, 0.1) is 12.0 Å². The summed E-state index contributed by atoms with van der Waals surface area (Å²) in [5.41, 5.74) is 0. The van der Waals surface area contributed by atoms with Crippen LogP contribution in [0.2, 0.25) is 0 Å². The topological polar surface area (TPSA) is 19.7 Å². The number of aromatic amines is 1. The first kappa shape index (κ1) is 39.2. The molecule has 1 aromatic rings. The lowest BCUT2D eigenvalue weighted by Gasteiger charge is -2.16. The van der Waals surface area contributed by atoms with Gasteiger partial charge in [-0.05, 0) is 32.6 Å². The minimum Gasteiger partial charge on any atom is -0.247 e. The zero-order valence-corrected chi connectivity index (χ0v) is 29.7. The van der Waals surface area contributed by atoms with E-state index >= 15 is 0 Å². The van der Waals surface area contributed by atoms with E-state index in [4.69, 9.17) is 0 Å². The van der Waals surface area contributed by atoms with E-state index in [2.05, 4.69) is 49.6 Å². The van der Waals surface area contributed by atoms with Gasteiger partial charge in [-0.15, -0.1) is 0 Å². The van der Waals surface area contributed by atoms with Crippen molar-refractivity contribution >= 4 is 0 Å². The summed E-state index contributed by atoms with van der Waals surface area (Å²) in [5.74, 6) is 2.21. The summed E-state index contributed by atoms with van der Waals surface area (Å²) in [6.45, 7) is 9.43. The number of rotatable bonds is 33. The summed E-state index contributed by atoms with van der Waals surface area (Å²) in [7, 11) is 0. The van der Waals surface area contributed by atoms with Gasteiger partial charge in [0.15, 0.2) is 0 Å². The summed E-state index contributed by atoms with van der Waals surface area (Å²) in [6.07, 6.45) is 48.8. The van der Waals surface area contributed by atoms with E-state index in [-0.39, 0.29) is 0 Å². The molecular weight excluding hydrogens is 508 g/mol. The lowest BCUT2D eigenvalue weighted by Crippen LogP contribution is -2.41. The van der Waals surface area contributed by atoms with Crippen molar-refractivity contribution in [3.8, 4) is 0 Å². The Labute approximate surface area is 266 Å². The molecule has 1 N–H and O–H groups in total. The second-order valence-corrected chi connectivity index (χ2v) is 14.0. The molecule has 2 nitrogen and oxygen atoms in total. The smallest absolute Gasteiger partial charge is 0.247 e. The molecule has 0 aromatic carbocycles. The third-order valence-electron chi connectivity index (χ3n) is 9.87. The molecule has 42 heavy (non-hydrogen) atoms. The largest absolute Gasteiger partial charge is 0.257 e. The maximum atomic E-state index is 3.68. The zero-order chi connectivity index (χ0) is 30.4. The first-order valence-electron chi connectivity index (χ1n) is 19.8. The fourth-order valence-electron chi connectivity index (χ4n) is 7.02. The Morgan fingerprint density at radius 1 is 0.452 bits per heavy atom. The van der Waals surface area contributed by atoms with Gasteiger partial charge in [-0.1, -0.05) is 194 Å². The number of nitrogens with zero attached hydrogens (tertiary/aromatic N) is 1. The summed E-state index contributed by atoms with van der Waals surface area (Å²) in [6, 6.07) is 0.620. The molecule has 0 spiro atoms. The molecule has 0 saturated heterocycles. The van der Waals surface area contributed by atoms with Crippen molar-refractivity contribution in [3.05, 3.63) is 18.2 Å². The lowest BCUT2D eigenvalue weighted by atomic mass is 9.94. The standard InChI is InChI=1S/C40H78N2/c1-5-8-10-12-14-16-18-20-21-22-23-25-27-29-31-34-38(4)42-37-36-41-40(42)39(33-7-3)35-32-30-28-26-24-19-17-15-13-11-9-6-2/h36-39H,5-35H2,1-4H3/p+1. The highest BCUT2D eigenvalue weighted by Crippen LogP contribution is 2.26. The first-order valence-corrected chi connectivity index (χ1v) is 19.8. The number of imidazole rings is 1. The normalized spacial score (nSPS) is 13.1. The van der Waals surface area contributed by atoms with Crippen molar-refractivity contribution in [2.75, 3.05) is 0 Å². The molecule has 0 aliphatic rings. The minimum absolute atomic E-state index is 0.620. The number of H-pyrrole nitrogens is 1. The van der Waals surface area contributed by atoms with E-state index < -0.39 is 0 Å². The van der Waals surface area contributed by atoms with Crippen molar-refractivity contribution in [1.29, 1.82) is 0 Å². The van der Waals surface area contributed by atoms with Crippen LogP contribution in [0.25, 0.3) is 0 Å². The van der Waals surface area contributed by atoms with Gasteiger partial charge in [0.25, 0.3) is 5.82 Å². The summed E-state index contributed by atoms with van der Waals surface area (Å²) in [4.78, 5) is 3.68. The van der Waals surface area contributed by atoms with Crippen LogP contribution in [-0.2, 0) is 0 Å². The Morgan fingerprint density at radius 2 is 0.810 bits per heavy atom. The highest BCUT2D eigenvalue weighted by molar-refractivity contribution is 4.90. The van der Waals surface area contributed by atoms with Gasteiger partial charge in [-0.2, -0.15) is 0 Å². The Morgan fingerprint density at radius 3 is 1.19 bits per heavy atom. The van der Waals surface area contributed by atoms with Gasteiger partial charge >= 0.3 is 0 Å². The molecule has 1 aromatic heterocycles. The molecule has 0 bridgehead atoms. The fourth-order valence-corrected chi connectivity index (χ4v) is 7.02. The van der Waals surface area contributed by atoms with E-state index in [1.54, 1.807) is 0 Å². The SMILES string of the molecule is CCCCCCCCCCCCCCCCCC(C)[n+]1cc[nH]c1C(CCC)CCCCCCCCCCCCCC. The molecule has 0 saturated carbocycles. The molecule has 2 atom stereocenters. The summed E-state index contributed by atoms with van der Waals surface area (Å²) in [5, 5.41) is 0. The van der Waals surface area contributed by atoms with Crippen LogP contribution in [0.15, 0.2) is 12.4 Å². The lowest BCUT2D eigenvalue weighted by molar-refractivity contribution is -0.727. The Kier molecular flexibility index (Phi) is 28.3. The molecule has 1 rings (SSSR count). The number of hydrogen-bond donors (Lipinski definition) is 1. The van der Waals surface area contributed by atoms with E-state index in [0.29, 0.717) is 12.0 Å². The van der Waals surface area contributed by atoms with Crippen LogP contribution in [0.3, 0.4) is 0 Å². The van der Waals surface area contributed by atoms with Crippen LogP contribution in [0.1, 0.15) is 245 Å². The quantitative estimate of drug-likeness (QED) is 0.0623. The predicted octanol–water partition coefficient (Wildman–Crippen LogP) is 14.1. The molecule has 2 heteroatoms. The van der Waals surface area contributed by atoms with Gasteiger partial charge in [-0.25, -0.2) is 9.55 Å². The third-order valence-corrected chi connectivity index (χ3v) is 9.87. The monoisotopic (exact) mass is 588 g/mol. The second kappa shape index (κ2) is 30.2. The predicted molar refractivity (Wildman–Crippen MR) is 189 cm³/mol. The minimum atomic E-state index is 0.620. The third kappa shape index (κ3) is 21.8. The molecular formula is C40H79N2+. The number of unbranched alkanes of at least 4 members (excludes halogenated alkanes) is 25. The van der Waals surface area contributed by atoms with Crippen molar-refractivity contribution in [1.82, 2.24) is 4.98 Å². The molecule has 1 heterocycles. The fraction of sp³-hybridized carbons (Fsp3) is 0.925. The highest BCUT2D eigenvalue weighted by atomic mass is 15.1. The van der Waals surface area contributed by atoms with Gasteiger partial charge in [-0.3, -0.25) is 0 Å². The summed E-state index contributed by atoms with van der Waals surface area (Å²) >= 11 is 0. The maximum absolute atomic E-state index is 3.68. The molecule has 248 valence electrons. The van der Waals surface area contributed by atoms with Gasteiger partial charge in [0.1, 0.15) is 12.4 Å². The number of hydrogen-bond acceptors (Lipinski definition) is 0. The van der Waals surface area contributed by atoms with Crippen LogP contribution in [-0.4, -0.2) is 4.98 Å². The molecule has 0 fully saturated rings. The van der Waals surface area contributed by atoms with Crippen molar-refractivity contribution < 1.29 is 4.57 Å². The molecule has 0 amide bonds. The molecule has 0 aliphatic heterocycles. The molecule has 0 radical (unpaired) electrons.